The molecule has 5 heteroatoms. The first-order valence-corrected chi connectivity index (χ1v) is 8.97. The number of nitrogens with zero attached hydrogens (tertiary/aromatic N) is 1. The summed E-state index contributed by atoms with van der Waals surface area (Å²) >= 11 is 0. The van der Waals surface area contributed by atoms with Gasteiger partial charge in [-0.2, -0.15) is 0 Å². The van der Waals surface area contributed by atoms with E-state index in [9.17, 15) is 4.79 Å². The number of anilines is 1. The van der Waals surface area contributed by atoms with Crippen molar-refractivity contribution in [1.29, 1.82) is 0 Å². The number of ether oxygens (including phenoxy) is 1. The van der Waals surface area contributed by atoms with E-state index < -0.39 is 0 Å². The fraction of sp³-hybridized carbons (Fsp3) is 0.273. The molecule has 1 amide bonds. The number of hydrogen-bond acceptors (Lipinski definition) is 4. The molecule has 2 aromatic carbocycles. The Morgan fingerprint density at radius 3 is 2.44 bits per heavy atom. The zero-order chi connectivity index (χ0) is 19.4. The van der Waals surface area contributed by atoms with Crippen LogP contribution in [-0.4, -0.2) is 17.5 Å². The zero-order valence-electron chi connectivity index (χ0n) is 16.1. The lowest BCUT2D eigenvalue weighted by molar-refractivity contribution is -0.116. The van der Waals surface area contributed by atoms with Gasteiger partial charge in [-0.05, 0) is 57.0 Å². The standard InChI is InChI=1S/C22H24N2O3/c1-14-7-5-8-15(2)21(14)26-12-11-20(25)24-19-10-6-9-18(13-19)22-23-16(3)17(4)27-22/h5-10,13H,11-12H2,1-4H3,(H,24,25). The van der Waals surface area contributed by atoms with Crippen LogP contribution in [-0.2, 0) is 4.79 Å². The van der Waals surface area contributed by atoms with Crippen LogP contribution in [0.5, 0.6) is 5.75 Å². The van der Waals surface area contributed by atoms with Gasteiger partial charge in [0.25, 0.3) is 0 Å². The van der Waals surface area contributed by atoms with Crippen molar-refractivity contribution in [2.45, 2.75) is 34.1 Å². The van der Waals surface area contributed by atoms with Crippen LogP contribution < -0.4 is 10.1 Å². The summed E-state index contributed by atoms with van der Waals surface area (Å²) < 4.78 is 11.5. The van der Waals surface area contributed by atoms with Crippen molar-refractivity contribution in [3.8, 4) is 17.2 Å². The van der Waals surface area contributed by atoms with E-state index in [1.54, 1.807) is 0 Å². The first kappa shape index (κ1) is 18.7. The predicted molar refractivity (Wildman–Crippen MR) is 106 cm³/mol. The minimum atomic E-state index is -0.0989. The minimum absolute atomic E-state index is 0.0989. The molecule has 5 nitrogen and oxygen atoms in total. The molecule has 1 N–H and O–H groups in total. The first-order valence-electron chi connectivity index (χ1n) is 8.97. The van der Waals surface area contributed by atoms with Crippen LogP contribution in [0.2, 0.25) is 0 Å². The lowest BCUT2D eigenvalue weighted by atomic mass is 10.1. The second kappa shape index (κ2) is 8.08. The van der Waals surface area contributed by atoms with Crippen LogP contribution in [0.3, 0.4) is 0 Å². The molecule has 0 bridgehead atoms. The monoisotopic (exact) mass is 364 g/mol. The fourth-order valence-corrected chi connectivity index (χ4v) is 2.82. The number of rotatable bonds is 6. The Balaban J connectivity index is 1.59. The quantitative estimate of drug-likeness (QED) is 0.670. The molecule has 1 aromatic heterocycles. The van der Waals surface area contributed by atoms with Gasteiger partial charge in [0.1, 0.15) is 11.5 Å². The van der Waals surface area contributed by atoms with Crippen LogP contribution >= 0.6 is 0 Å². The van der Waals surface area contributed by atoms with Gasteiger partial charge in [0, 0.05) is 11.3 Å². The van der Waals surface area contributed by atoms with Crippen molar-refractivity contribution < 1.29 is 13.9 Å². The number of hydrogen-bond donors (Lipinski definition) is 1. The molecule has 0 saturated carbocycles. The third-order valence-electron chi connectivity index (χ3n) is 4.41. The number of carbonyl (C=O) groups is 1. The van der Waals surface area contributed by atoms with Gasteiger partial charge in [-0.25, -0.2) is 4.98 Å². The van der Waals surface area contributed by atoms with Gasteiger partial charge >= 0.3 is 0 Å². The molecule has 3 rings (SSSR count). The van der Waals surface area contributed by atoms with Crippen LogP contribution in [0.4, 0.5) is 5.69 Å². The molecule has 0 saturated heterocycles. The number of aryl methyl sites for hydroxylation is 4. The molecule has 1 heterocycles. The van der Waals surface area contributed by atoms with Gasteiger partial charge in [-0.3, -0.25) is 4.79 Å². The van der Waals surface area contributed by atoms with Crippen LogP contribution in [0, 0.1) is 27.7 Å². The highest BCUT2D eigenvalue weighted by Gasteiger charge is 2.10. The van der Waals surface area contributed by atoms with Crippen molar-refractivity contribution in [2.75, 3.05) is 11.9 Å². The average molecular weight is 364 g/mol. The highest BCUT2D eigenvalue weighted by molar-refractivity contribution is 5.91. The average Bonchev–Trinajstić information content (AvgIpc) is 2.97. The van der Waals surface area contributed by atoms with Crippen LogP contribution in [0.25, 0.3) is 11.5 Å². The summed E-state index contributed by atoms with van der Waals surface area (Å²) in [6.45, 7) is 8.12. The molecule has 0 spiro atoms. The summed E-state index contributed by atoms with van der Waals surface area (Å²) in [4.78, 5) is 16.6. The van der Waals surface area contributed by atoms with Crippen LogP contribution in [0.1, 0.15) is 29.0 Å². The maximum atomic E-state index is 12.2. The Morgan fingerprint density at radius 1 is 1.07 bits per heavy atom. The van der Waals surface area contributed by atoms with E-state index in [-0.39, 0.29) is 12.3 Å². The lowest BCUT2D eigenvalue weighted by Crippen LogP contribution is -2.15. The van der Waals surface area contributed by atoms with Gasteiger partial charge in [-0.1, -0.05) is 24.3 Å². The fourth-order valence-electron chi connectivity index (χ4n) is 2.82. The van der Waals surface area contributed by atoms with Crippen molar-refractivity contribution in [3.05, 3.63) is 65.0 Å². The number of aromatic nitrogens is 1. The van der Waals surface area contributed by atoms with Gasteiger partial charge in [0.2, 0.25) is 11.8 Å². The zero-order valence-corrected chi connectivity index (χ0v) is 16.1. The summed E-state index contributed by atoms with van der Waals surface area (Å²) in [5.74, 6) is 2.10. The highest BCUT2D eigenvalue weighted by atomic mass is 16.5. The second-order valence-corrected chi connectivity index (χ2v) is 6.61. The molecular formula is C22H24N2O3. The molecule has 0 fully saturated rings. The van der Waals surface area contributed by atoms with Crippen molar-refractivity contribution in [2.24, 2.45) is 0 Å². The Labute approximate surface area is 159 Å². The molecular weight excluding hydrogens is 340 g/mol. The smallest absolute Gasteiger partial charge is 0.227 e. The van der Waals surface area contributed by atoms with E-state index in [1.807, 2.05) is 70.2 Å². The van der Waals surface area contributed by atoms with E-state index in [2.05, 4.69) is 10.3 Å². The van der Waals surface area contributed by atoms with E-state index in [1.165, 1.54) is 0 Å². The van der Waals surface area contributed by atoms with E-state index >= 15 is 0 Å². The number of oxazole rings is 1. The van der Waals surface area contributed by atoms with Gasteiger partial charge in [0.05, 0.1) is 18.7 Å². The molecule has 140 valence electrons. The van der Waals surface area contributed by atoms with E-state index in [0.29, 0.717) is 18.2 Å². The van der Waals surface area contributed by atoms with Crippen LogP contribution in [0.15, 0.2) is 46.9 Å². The number of carbonyl (C=O) groups excluding carboxylic acids is 1. The Hall–Kier alpha value is -3.08. The molecule has 0 aliphatic heterocycles. The second-order valence-electron chi connectivity index (χ2n) is 6.61. The number of benzene rings is 2. The number of amides is 1. The SMILES string of the molecule is Cc1cccc(C)c1OCCC(=O)Nc1cccc(-c2nc(C)c(C)o2)c1. The predicted octanol–water partition coefficient (Wildman–Crippen LogP) is 4.98. The normalized spacial score (nSPS) is 10.7. The van der Waals surface area contributed by atoms with E-state index in [4.69, 9.17) is 9.15 Å². The number of nitrogens with one attached hydrogen (secondary N) is 1. The molecule has 0 unspecified atom stereocenters. The molecule has 27 heavy (non-hydrogen) atoms. The van der Waals surface area contributed by atoms with Crippen molar-refractivity contribution in [1.82, 2.24) is 4.98 Å². The maximum absolute atomic E-state index is 12.2. The third-order valence-corrected chi connectivity index (χ3v) is 4.41. The van der Waals surface area contributed by atoms with Gasteiger partial charge < -0.3 is 14.5 Å². The Morgan fingerprint density at radius 2 is 1.78 bits per heavy atom. The Kier molecular flexibility index (Phi) is 5.60. The third kappa shape index (κ3) is 4.56. The molecule has 0 radical (unpaired) electrons. The molecule has 0 aliphatic rings. The van der Waals surface area contributed by atoms with Gasteiger partial charge in [-0.15, -0.1) is 0 Å². The summed E-state index contributed by atoms with van der Waals surface area (Å²) in [5.41, 5.74) is 4.54. The largest absolute Gasteiger partial charge is 0.493 e. The highest BCUT2D eigenvalue weighted by Crippen LogP contribution is 2.24. The first-order chi connectivity index (χ1) is 12.9. The maximum Gasteiger partial charge on any atom is 0.227 e. The van der Waals surface area contributed by atoms with Crippen molar-refractivity contribution >= 4 is 11.6 Å². The minimum Gasteiger partial charge on any atom is -0.493 e. The summed E-state index contributed by atoms with van der Waals surface area (Å²) in [5, 5.41) is 2.90. The summed E-state index contributed by atoms with van der Waals surface area (Å²) in [7, 11) is 0. The Bertz CT molecular complexity index is 920. The molecule has 0 aliphatic carbocycles. The molecule has 0 atom stereocenters. The van der Waals surface area contributed by atoms with Gasteiger partial charge in [0.15, 0.2) is 0 Å². The summed E-state index contributed by atoms with van der Waals surface area (Å²) in [6, 6.07) is 13.5. The van der Waals surface area contributed by atoms with E-state index in [0.717, 1.165) is 33.9 Å². The summed E-state index contributed by atoms with van der Waals surface area (Å²) in [6.07, 6.45) is 0.273. The topological polar surface area (TPSA) is 64.4 Å². The molecule has 3 aromatic rings. The lowest BCUT2D eigenvalue weighted by Gasteiger charge is -2.12. The number of para-hydroxylation sites is 1. The van der Waals surface area contributed by atoms with Crippen molar-refractivity contribution in [3.63, 3.8) is 0 Å².